The molecule has 1 aromatic heterocycles. The summed E-state index contributed by atoms with van der Waals surface area (Å²) in [6.07, 6.45) is 7.81. The van der Waals surface area contributed by atoms with Crippen molar-refractivity contribution in [1.82, 2.24) is 4.73 Å². The van der Waals surface area contributed by atoms with E-state index in [0.29, 0.717) is 4.64 Å². The molecule has 1 heterocycles. The van der Waals surface area contributed by atoms with E-state index < -0.39 is 0 Å². The third kappa shape index (κ3) is 5.59. The summed E-state index contributed by atoms with van der Waals surface area (Å²) in [5, 5.41) is 10.5. The highest BCUT2D eigenvalue weighted by atomic mass is 32.2. The Morgan fingerprint density at radius 1 is 1.18 bits per heavy atom. The molecule has 0 spiro atoms. The van der Waals surface area contributed by atoms with Crippen molar-refractivity contribution in [2.75, 3.05) is 5.75 Å². The second-order valence-electron chi connectivity index (χ2n) is 4.13. The van der Waals surface area contributed by atoms with E-state index in [0.717, 1.165) is 15.5 Å². The van der Waals surface area contributed by atoms with Crippen molar-refractivity contribution in [2.24, 2.45) is 0 Å². The van der Waals surface area contributed by atoms with Crippen molar-refractivity contribution >= 4 is 24.0 Å². The predicted octanol–water partition coefficient (Wildman–Crippen LogP) is 4.91. The van der Waals surface area contributed by atoms with Gasteiger partial charge in [-0.25, -0.2) is 0 Å². The molecule has 0 aromatic carbocycles. The zero-order valence-corrected chi connectivity index (χ0v) is 12.0. The van der Waals surface area contributed by atoms with Gasteiger partial charge in [-0.1, -0.05) is 57.3 Å². The van der Waals surface area contributed by atoms with Crippen molar-refractivity contribution in [3.63, 3.8) is 0 Å². The van der Waals surface area contributed by atoms with Gasteiger partial charge in [-0.05, 0) is 24.3 Å². The quantitative estimate of drug-likeness (QED) is 0.315. The molecule has 4 heteroatoms. The molecule has 1 aromatic rings. The lowest BCUT2D eigenvalue weighted by atomic mass is 10.1. The van der Waals surface area contributed by atoms with Crippen LogP contribution in [-0.2, 0) is 0 Å². The van der Waals surface area contributed by atoms with Crippen LogP contribution in [0, 0.1) is 4.64 Å². The summed E-state index contributed by atoms with van der Waals surface area (Å²) in [6.45, 7) is 2.23. The van der Waals surface area contributed by atoms with Crippen LogP contribution in [-0.4, -0.2) is 15.7 Å². The highest BCUT2D eigenvalue weighted by Crippen LogP contribution is 2.19. The third-order valence-corrected chi connectivity index (χ3v) is 4.05. The van der Waals surface area contributed by atoms with Gasteiger partial charge in [-0.15, -0.1) is 11.8 Å². The van der Waals surface area contributed by atoms with Crippen molar-refractivity contribution in [1.29, 1.82) is 0 Å². The van der Waals surface area contributed by atoms with E-state index in [1.807, 2.05) is 12.1 Å². The molecular formula is C13H21NOS2. The molecule has 0 atom stereocenters. The normalized spacial score (nSPS) is 10.6. The average molecular weight is 271 g/mol. The van der Waals surface area contributed by atoms with Gasteiger partial charge in [0.25, 0.3) is 0 Å². The van der Waals surface area contributed by atoms with Crippen molar-refractivity contribution in [2.45, 2.75) is 50.5 Å². The van der Waals surface area contributed by atoms with Gasteiger partial charge < -0.3 is 5.21 Å². The molecule has 0 aliphatic rings. The summed E-state index contributed by atoms with van der Waals surface area (Å²) < 4.78 is 1.56. The Bertz CT molecular complexity index is 376. The van der Waals surface area contributed by atoms with Crippen LogP contribution in [0.25, 0.3) is 0 Å². The molecule has 0 radical (unpaired) electrons. The minimum atomic E-state index is 0.470. The van der Waals surface area contributed by atoms with Crippen molar-refractivity contribution < 1.29 is 5.21 Å². The summed E-state index contributed by atoms with van der Waals surface area (Å²) in [4.78, 5) is 0. The zero-order chi connectivity index (χ0) is 12.5. The largest absolute Gasteiger partial charge is 0.427 e. The molecule has 0 unspecified atom stereocenters. The lowest BCUT2D eigenvalue weighted by molar-refractivity contribution is 0.155. The fourth-order valence-electron chi connectivity index (χ4n) is 1.63. The van der Waals surface area contributed by atoms with Crippen LogP contribution < -0.4 is 0 Å². The van der Waals surface area contributed by atoms with E-state index in [-0.39, 0.29) is 0 Å². The number of hydrogen-bond donors (Lipinski definition) is 1. The topological polar surface area (TPSA) is 25.2 Å². The summed E-state index contributed by atoms with van der Waals surface area (Å²) in [7, 11) is 0. The van der Waals surface area contributed by atoms with Crippen LogP contribution in [0.5, 0.6) is 0 Å². The first-order chi connectivity index (χ1) is 8.25. The van der Waals surface area contributed by atoms with Gasteiger partial charge in [0.2, 0.25) is 0 Å². The number of rotatable bonds is 8. The fourth-order valence-corrected chi connectivity index (χ4v) is 2.82. The Labute approximate surface area is 113 Å². The van der Waals surface area contributed by atoms with E-state index in [9.17, 15) is 5.21 Å². The molecule has 96 valence electrons. The molecule has 0 aliphatic heterocycles. The van der Waals surface area contributed by atoms with E-state index in [1.165, 1.54) is 38.5 Å². The molecule has 2 nitrogen and oxygen atoms in total. The van der Waals surface area contributed by atoms with Crippen LogP contribution in [0.3, 0.4) is 0 Å². The Kier molecular flexibility index (Phi) is 7.37. The average Bonchev–Trinajstić information content (AvgIpc) is 2.33. The lowest BCUT2D eigenvalue weighted by Gasteiger charge is -2.06. The first kappa shape index (κ1) is 14.6. The van der Waals surface area contributed by atoms with Crippen LogP contribution in [0.1, 0.15) is 45.4 Å². The molecule has 0 bridgehead atoms. The molecule has 0 amide bonds. The maximum absolute atomic E-state index is 9.66. The van der Waals surface area contributed by atoms with Crippen LogP contribution >= 0.6 is 24.0 Å². The van der Waals surface area contributed by atoms with Gasteiger partial charge in [0.1, 0.15) is 9.67 Å². The molecule has 0 fully saturated rings. The van der Waals surface area contributed by atoms with Crippen LogP contribution in [0.15, 0.2) is 23.2 Å². The summed E-state index contributed by atoms with van der Waals surface area (Å²) in [5.41, 5.74) is 0. The van der Waals surface area contributed by atoms with Gasteiger partial charge in [0, 0.05) is 0 Å². The van der Waals surface area contributed by atoms with Gasteiger partial charge in [0.05, 0.1) is 0 Å². The zero-order valence-electron chi connectivity index (χ0n) is 10.4. The van der Waals surface area contributed by atoms with Gasteiger partial charge in [0.15, 0.2) is 0 Å². The van der Waals surface area contributed by atoms with E-state index in [2.05, 4.69) is 6.92 Å². The van der Waals surface area contributed by atoms with Crippen LogP contribution in [0.2, 0.25) is 0 Å². The van der Waals surface area contributed by atoms with Gasteiger partial charge in [-0.3, -0.25) is 0 Å². The number of nitrogens with zero attached hydrogens (tertiary/aromatic N) is 1. The molecule has 0 aliphatic carbocycles. The van der Waals surface area contributed by atoms with E-state index in [1.54, 1.807) is 17.8 Å². The first-order valence-electron chi connectivity index (χ1n) is 6.30. The predicted molar refractivity (Wildman–Crippen MR) is 76.6 cm³/mol. The maximum atomic E-state index is 9.66. The minimum absolute atomic E-state index is 0.470. The SMILES string of the molecule is CCCCCCCCSc1cccc(=S)n1O. The first-order valence-corrected chi connectivity index (χ1v) is 7.69. The smallest absolute Gasteiger partial charge is 0.143 e. The molecule has 0 saturated heterocycles. The summed E-state index contributed by atoms with van der Waals surface area (Å²) in [6, 6.07) is 5.51. The second kappa shape index (κ2) is 8.59. The van der Waals surface area contributed by atoms with E-state index in [4.69, 9.17) is 12.2 Å². The summed E-state index contributed by atoms with van der Waals surface area (Å²) in [5.74, 6) is 1.05. The number of hydrogen-bond acceptors (Lipinski definition) is 3. The lowest BCUT2D eigenvalue weighted by Crippen LogP contribution is -1.97. The number of pyridine rings is 1. The highest BCUT2D eigenvalue weighted by Gasteiger charge is 1.99. The summed E-state index contributed by atoms with van der Waals surface area (Å²) >= 11 is 6.66. The fraction of sp³-hybridized carbons (Fsp3) is 0.615. The standard InChI is InChI=1S/C13H21NOS2/c1-2-3-4-5-6-7-11-17-13-10-8-9-12(16)14(13)15/h8-10,15H,2-7,11H2,1H3. The highest BCUT2D eigenvalue weighted by molar-refractivity contribution is 7.99. The molecule has 1 N–H and O–H groups in total. The van der Waals surface area contributed by atoms with Gasteiger partial charge >= 0.3 is 0 Å². The van der Waals surface area contributed by atoms with Crippen LogP contribution in [0.4, 0.5) is 0 Å². The second-order valence-corrected chi connectivity index (χ2v) is 5.66. The van der Waals surface area contributed by atoms with E-state index >= 15 is 0 Å². The maximum Gasteiger partial charge on any atom is 0.143 e. The minimum Gasteiger partial charge on any atom is -0.427 e. The molecule has 1 rings (SSSR count). The Balaban J connectivity index is 2.18. The number of unbranched alkanes of at least 4 members (excludes halogenated alkanes) is 5. The van der Waals surface area contributed by atoms with Crippen molar-refractivity contribution in [3.8, 4) is 0 Å². The Morgan fingerprint density at radius 3 is 2.65 bits per heavy atom. The third-order valence-electron chi connectivity index (χ3n) is 2.64. The molecule has 0 saturated carbocycles. The van der Waals surface area contributed by atoms with Gasteiger partial charge in [-0.2, -0.15) is 4.73 Å². The monoisotopic (exact) mass is 271 g/mol. The number of thioether (sulfide) groups is 1. The molecular weight excluding hydrogens is 250 g/mol. The molecule has 17 heavy (non-hydrogen) atoms. The number of aromatic nitrogens is 1. The van der Waals surface area contributed by atoms with Crippen molar-refractivity contribution in [3.05, 3.63) is 22.8 Å². The Morgan fingerprint density at radius 2 is 1.88 bits per heavy atom. The Hall–Kier alpha value is -0.480.